The molecule has 4 nitrogen and oxygen atoms in total. The van der Waals surface area contributed by atoms with Crippen molar-refractivity contribution in [3.63, 3.8) is 0 Å². The second-order valence-electron chi connectivity index (χ2n) is 8.02. The molecule has 1 aliphatic rings. The number of carbonyl (C=O) groups is 2. The SMILES string of the molecule is O=C(OCC1CCc2c(c3ccccc3n2C(=O)c2ccccc2)C1)c1ccccc1. The van der Waals surface area contributed by atoms with Crippen LogP contribution in [0.4, 0.5) is 0 Å². The molecule has 0 saturated heterocycles. The van der Waals surface area contributed by atoms with Gasteiger partial charge in [0.25, 0.3) is 5.91 Å². The maximum Gasteiger partial charge on any atom is 0.338 e. The number of hydrogen-bond acceptors (Lipinski definition) is 3. The molecule has 154 valence electrons. The van der Waals surface area contributed by atoms with Crippen LogP contribution in [-0.4, -0.2) is 23.1 Å². The highest BCUT2D eigenvalue weighted by Crippen LogP contribution is 2.35. The summed E-state index contributed by atoms with van der Waals surface area (Å²) >= 11 is 0. The predicted octanol–water partition coefficient (Wildman–Crippen LogP) is 5.29. The lowest BCUT2D eigenvalue weighted by Crippen LogP contribution is -2.23. The Balaban J connectivity index is 1.42. The quantitative estimate of drug-likeness (QED) is 0.430. The van der Waals surface area contributed by atoms with Crippen LogP contribution in [0.2, 0.25) is 0 Å². The van der Waals surface area contributed by atoms with E-state index in [-0.39, 0.29) is 17.8 Å². The topological polar surface area (TPSA) is 48.3 Å². The highest BCUT2D eigenvalue weighted by molar-refractivity contribution is 6.04. The van der Waals surface area contributed by atoms with Gasteiger partial charge in [-0.1, -0.05) is 54.6 Å². The Morgan fingerprint density at radius 3 is 2.23 bits per heavy atom. The summed E-state index contributed by atoms with van der Waals surface area (Å²) in [5, 5.41) is 1.11. The first-order valence-electron chi connectivity index (χ1n) is 10.7. The van der Waals surface area contributed by atoms with Crippen LogP contribution >= 0.6 is 0 Å². The van der Waals surface area contributed by atoms with Crippen molar-refractivity contribution in [1.82, 2.24) is 4.57 Å². The Morgan fingerprint density at radius 2 is 1.48 bits per heavy atom. The first-order chi connectivity index (χ1) is 15.2. The van der Waals surface area contributed by atoms with Gasteiger partial charge in [-0.3, -0.25) is 9.36 Å². The summed E-state index contributed by atoms with van der Waals surface area (Å²) in [7, 11) is 0. The second-order valence-corrected chi connectivity index (χ2v) is 8.02. The summed E-state index contributed by atoms with van der Waals surface area (Å²) in [6, 6.07) is 26.6. The molecular weight excluding hydrogens is 386 g/mol. The summed E-state index contributed by atoms with van der Waals surface area (Å²) in [5.74, 6) is -0.0358. The van der Waals surface area contributed by atoms with Crippen LogP contribution in [0, 0.1) is 5.92 Å². The number of carbonyl (C=O) groups excluding carboxylic acids is 2. The minimum atomic E-state index is -0.284. The Bertz CT molecular complexity index is 1240. The molecule has 4 aromatic rings. The zero-order valence-corrected chi connectivity index (χ0v) is 17.2. The Hall–Kier alpha value is -3.66. The molecule has 0 fully saturated rings. The number of rotatable bonds is 4. The molecular formula is C27H23NO3. The van der Waals surface area contributed by atoms with Crippen molar-refractivity contribution in [2.24, 2.45) is 5.92 Å². The largest absolute Gasteiger partial charge is 0.462 e. The normalized spacial score (nSPS) is 15.4. The van der Waals surface area contributed by atoms with Gasteiger partial charge in [0, 0.05) is 16.6 Å². The van der Waals surface area contributed by atoms with Gasteiger partial charge in [-0.25, -0.2) is 4.79 Å². The van der Waals surface area contributed by atoms with Crippen LogP contribution in [0.1, 0.15) is 38.4 Å². The van der Waals surface area contributed by atoms with Crippen LogP contribution in [0.15, 0.2) is 84.9 Å². The zero-order valence-electron chi connectivity index (χ0n) is 17.2. The standard InChI is InChI=1S/C27H23NO3/c29-26(20-9-3-1-4-10-20)28-24-14-8-7-13-22(24)23-17-19(15-16-25(23)28)18-31-27(30)21-11-5-2-6-12-21/h1-14,19H,15-18H2. The molecule has 3 aromatic carbocycles. The summed E-state index contributed by atoms with van der Waals surface area (Å²) in [6.07, 6.45) is 2.47. The number of esters is 1. The van der Waals surface area contributed by atoms with Gasteiger partial charge in [0.1, 0.15) is 0 Å². The highest BCUT2D eigenvalue weighted by atomic mass is 16.5. The number of ether oxygens (including phenoxy) is 1. The molecule has 0 N–H and O–H groups in total. The average molecular weight is 409 g/mol. The fourth-order valence-corrected chi connectivity index (χ4v) is 4.52. The first-order valence-corrected chi connectivity index (χ1v) is 10.7. The molecule has 0 radical (unpaired) electrons. The zero-order chi connectivity index (χ0) is 21.2. The Kier molecular flexibility index (Phi) is 5.13. The van der Waals surface area contributed by atoms with Crippen molar-refractivity contribution in [3.05, 3.63) is 107 Å². The van der Waals surface area contributed by atoms with Crippen LogP contribution in [0.3, 0.4) is 0 Å². The number of nitrogens with zero attached hydrogens (tertiary/aromatic N) is 1. The van der Waals surface area contributed by atoms with Gasteiger partial charge in [-0.2, -0.15) is 0 Å². The smallest absolute Gasteiger partial charge is 0.338 e. The Labute approximate surface area is 181 Å². The summed E-state index contributed by atoms with van der Waals surface area (Å²) in [6.45, 7) is 0.388. The second kappa shape index (κ2) is 8.23. The Morgan fingerprint density at radius 1 is 0.839 bits per heavy atom. The minimum absolute atomic E-state index is 0.00649. The van der Waals surface area contributed by atoms with E-state index in [1.165, 1.54) is 5.56 Å². The molecule has 1 unspecified atom stereocenters. The van der Waals surface area contributed by atoms with E-state index < -0.39 is 0 Å². The third kappa shape index (κ3) is 3.66. The number of hydrogen-bond donors (Lipinski definition) is 0. The van der Waals surface area contributed by atoms with E-state index in [0.29, 0.717) is 17.7 Å². The average Bonchev–Trinajstić information content (AvgIpc) is 3.17. The molecule has 4 heteroatoms. The third-order valence-electron chi connectivity index (χ3n) is 6.05. The number of para-hydroxylation sites is 1. The lowest BCUT2D eigenvalue weighted by Gasteiger charge is -2.23. The highest BCUT2D eigenvalue weighted by Gasteiger charge is 2.28. The van der Waals surface area contributed by atoms with Gasteiger partial charge < -0.3 is 4.74 Å². The lowest BCUT2D eigenvalue weighted by molar-refractivity contribution is 0.0428. The molecule has 1 heterocycles. The van der Waals surface area contributed by atoms with E-state index in [2.05, 4.69) is 6.07 Å². The molecule has 31 heavy (non-hydrogen) atoms. The van der Waals surface area contributed by atoms with Crippen LogP contribution in [0.25, 0.3) is 10.9 Å². The van der Waals surface area contributed by atoms with Gasteiger partial charge in [-0.15, -0.1) is 0 Å². The van der Waals surface area contributed by atoms with Crippen molar-refractivity contribution in [1.29, 1.82) is 0 Å². The molecule has 1 atom stereocenters. The van der Waals surface area contributed by atoms with Crippen LogP contribution in [-0.2, 0) is 17.6 Å². The lowest BCUT2D eigenvalue weighted by atomic mass is 9.87. The van der Waals surface area contributed by atoms with Gasteiger partial charge in [-0.05, 0) is 61.1 Å². The fourth-order valence-electron chi connectivity index (χ4n) is 4.52. The number of fused-ring (bicyclic) bond motifs is 3. The molecule has 5 rings (SSSR count). The van der Waals surface area contributed by atoms with Gasteiger partial charge in [0.05, 0.1) is 17.7 Å². The van der Waals surface area contributed by atoms with Gasteiger partial charge in [0.2, 0.25) is 0 Å². The van der Waals surface area contributed by atoms with Crippen molar-refractivity contribution >= 4 is 22.8 Å². The van der Waals surface area contributed by atoms with Crippen molar-refractivity contribution in [3.8, 4) is 0 Å². The van der Waals surface area contributed by atoms with E-state index in [1.807, 2.05) is 71.3 Å². The van der Waals surface area contributed by atoms with E-state index in [1.54, 1.807) is 12.1 Å². The molecule has 0 aliphatic heterocycles. The maximum atomic E-state index is 13.3. The van der Waals surface area contributed by atoms with Crippen molar-refractivity contribution in [2.45, 2.75) is 19.3 Å². The predicted molar refractivity (Wildman–Crippen MR) is 120 cm³/mol. The molecule has 0 bridgehead atoms. The van der Waals surface area contributed by atoms with E-state index in [9.17, 15) is 9.59 Å². The molecule has 0 amide bonds. The fraction of sp³-hybridized carbons (Fsp3) is 0.185. The van der Waals surface area contributed by atoms with E-state index in [4.69, 9.17) is 4.74 Å². The van der Waals surface area contributed by atoms with Crippen molar-refractivity contribution < 1.29 is 14.3 Å². The van der Waals surface area contributed by atoms with Crippen molar-refractivity contribution in [2.75, 3.05) is 6.61 Å². The maximum absolute atomic E-state index is 13.3. The molecule has 1 aromatic heterocycles. The minimum Gasteiger partial charge on any atom is -0.462 e. The molecule has 0 saturated carbocycles. The number of aromatic nitrogens is 1. The van der Waals surface area contributed by atoms with Crippen LogP contribution < -0.4 is 0 Å². The van der Waals surface area contributed by atoms with E-state index in [0.717, 1.165) is 35.9 Å². The summed E-state index contributed by atoms with van der Waals surface area (Å²) in [4.78, 5) is 25.7. The van der Waals surface area contributed by atoms with Gasteiger partial charge >= 0.3 is 5.97 Å². The molecule has 0 spiro atoms. The van der Waals surface area contributed by atoms with Gasteiger partial charge in [0.15, 0.2) is 0 Å². The monoisotopic (exact) mass is 409 g/mol. The number of benzene rings is 3. The summed E-state index contributed by atoms with van der Waals surface area (Å²) in [5.41, 5.74) is 4.49. The first kappa shape index (κ1) is 19.3. The van der Waals surface area contributed by atoms with Crippen LogP contribution in [0.5, 0.6) is 0 Å². The molecule has 1 aliphatic carbocycles. The third-order valence-corrected chi connectivity index (χ3v) is 6.05. The van der Waals surface area contributed by atoms with E-state index >= 15 is 0 Å². The summed E-state index contributed by atoms with van der Waals surface area (Å²) < 4.78 is 7.49.